The average Bonchev–Trinajstić information content (AvgIpc) is 2.66. The van der Waals surface area contributed by atoms with E-state index < -0.39 is 10.0 Å². The Morgan fingerprint density at radius 1 is 1.00 bits per heavy atom. The summed E-state index contributed by atoms with van der Waals surface area (Å²) in [5, 5.41) is 2.92. The van der Waals surface area contributed by atoms with Crippen LogP contribution < -0.4 is 10.0 Å². The van der Waals surface area contributed by atoms with Crippen LogP contribution in [0.25, 0.3) is 0 Å². The van der Waals surface area contributed by atoms with E-state index in [1.54, 1.807) is 19.1 Å². The van der Waals surface area contributed by atoms with E-state index in [9.17, 15) is 13.2 Å². The van der Waals surface area contributed by atoms with Crippen LogP contribution in [0.5, 0.6) is 0 Å². The van der Waals surface area contributed by atoms with Crippen molar-refractivity contribution in [3.8, 4) is 0 Å². The van der Waals surface area contributed by atoms with E-state index >= 15 is 0 Å². The molecule has 6 heteroatoms. The van der Waals surface area contributed by atoms with Gasteiger partial charge in [-0.05, 0) is 43.5 Å². The first-order chi connectivity index (χ1) is 12.4. The van der Waals surface area contributed by atoms with Crippen LogP contribution in [-0.2, 0) is 10.0 Å². The molecule has 5 nitrogen and oxygen atoms in total. The number of hydrogen-bond donors (Lipinski definition) is 2. The molecule has 2 N–H and O–H groups in total. The molecule has 0 radical (unpaired) electrons. The molecule has 0 fully saturated rings. The van der Waals surface area contributed by atoms with Gasteiger partial charge >= 0.3 is 0 Å². The van der Waals surface area contributed by atoms with Crippen LogP contribution in [0.15, 0.2) is 59.5 Å². The number of hydrogen-bond acceptors (Lipinski definition) is 3. The summed E-state index contributed by atoms with van der Waals surface area (Å²) in [7, 11) is -3.73. The number of sulfonamides is 1. The molecule has 26 heavy (non-hydrogen) atoms. The predicted molar refractivity (Wildman–Crippen MR) is 103 cm³/mol. The Morgan fingerprint density at radius 2 is 1.65 bits per heavy atom. The molecule has 2 aromatic carbocycles. The molecular formula is C20H26N2O3S. The van der Waals surface area contributed by atoms with Gasteiger partial charge in [-0.15, -0.1) is 0 Å². The zero-order valence-electron chi connectivity index (χ0n) is 15.4. The maximum absolute atomic E-state index is 12.7. The third-order valence-electron chi connectivity index (χ3n) is 4.36. The van der Waals surface area contributed by atoms with Crippen molar-refractivity contribution in [1.29, 1.82) is 0 Å². The van der Waals surface area contributed by atoms with E-state index in [4.69, 9.17) is 0 Å². The molecule has 0 aliphatic carbocycles. The van der Waals surface area contributed by atoms with Gasteiger partial charge < -0.3 is 5.32 Å². The third kappa shape index (κ3) is 5.16. The summed E-state index contributed by atoms with van der Waals surface area (Å²) in [5.41, 5.74) is 1.21. The number of benzene rings is 2. The van der Waals surface area contributed by atoms with Gasteiger partial charge in [-0.1, -0.05) is 50.2 Å². The lowest BCUT2D eigenvalue weighted by Crippen LogP contribution is -2.34. The van der Waals surface area contributed by atoms with Crippen molar-refractivity contribution in [2.24, 2.45) is 0 Å². The van der Waals surface area contributed by atoms with E-state index in [1.807, 2.05) is 44.2 Å². The van der Waals surface area contributed by atoms with E-state index in [0.29, 0.717) is 5.56 Å². The largest absolute Gasteiger partial charge is 0.349 e. The summed E-state index contributed by atoms with van der Waals surface area (Å²) < 4.78 is 28.0. The van der Waals surface area contributed by atoms with Crippen molar-refractivity contribution in [1.82, 2.24) is 10.0 Å². The Labute approximate surface area is 155 Å². The zero-order valence-corrected chi connectivity index (χ0v) is 16.2. The standard InChI is InChI=1S/C20H26N2O3S/c1-4-18(5-2)21-20(23)17-12-9-13-19(14-17)26(24,25)22-15(3)16-10-7-6-8-11-16/h6-15,18,22H,4-5H2,1-3H3,(H,21,23). The molecule has 1 atom stereocenters. The molecule has 1 unspecified atom stereocenters. The molecule has 0 saturated carbocycles. The Balaban J connectivity index is 2.18. The van der Waals surface area contributed by atoms with Crippen LogP contribution in [0.3, 0.4) is 0 Å². The summed E-state index contributed by atoms with van der Waals surface area (Å²) >= 11 is 0. The van der Waals surface area contributed by atoms with Gasteiger partial charge in [-0.2, -0.15) is 0 Å². The van der Waals surface area contributed by atoms with Crippen molar-refractivity contribution in [3.63, 3.8) is 0 Å². The van der Waals surface area contributed by atoms with Crippen molar-refractivity contribution >= 4 is 15.9 Å². The van der Waals surface area contributed by atoms with Crippen molar-refractivity contribution in [2.75, 3.05) is 0 Å². The monoisotopic (exact) mass is 374 g/mol. The first kappa shape index (κ1) is 20.1. The van der Waals surface area contributed by atoms with Crippen LogP contribution in [-0.4, -0.2) is 20.4 Å². The van der Waals surface area contributed by atoms with Gasteiger partial charge in [-0.25, -0.2) is 13.1 Å². The Kier molecular flexibility index (Phi) is 6.94. The minimum atomic E-state index is -3.73. The lowest BCUT2D eigenvalue weighted by atomic mass is 10.1. The van der Waals surface area contributed by atoms with Gasteiger partial charge in [0, 0.05) is 17.6 Å². The summed E-state index contributed by atoms with van der Waals surface area (Å²) in [5.74, 6) is -0.258. The maximum atomic E-state index is 12.7. The van der Waals surface area contributed by atoms with Gasteiger partial charge in [0.2, 0.25) is 10.0 Å². The summed E-state index contributed by atoms with van der Waals surface area (Å²) in [6.45, 7) is 5.80. The van der Waals surface area contributed by atoms with Gasteiger partial charge in [0.05, 0.1) is 4.90 Å². The first-order valence-electron chi connectivity index (χ1n) is 8.85. The quantitative estimate of drug-likeness (QED) is 0.741. The Hall–Kier alpha value is -2.18. The lowest BCUT2D eigenvalue weighted by molar-refractivity contribution is 0.0934. The third-order valence-corrected chi connectivity index (χ3v) is 5.90. The molecule has 2 aromatic rings. The SMILES string of the molecule is CCC(CC)NC(=O)c1cccc(S(=O)(=O)NC(C)c2ccccc2)c1. The molecule has 0 bridgehead atoms. The fourth-order valence-electron chi connectivity index (χ4n) is 2.68. The zero-order chi connectivity index (χ0) is 19.2. The van der Waals surface area contributed by atoms with Gasteiger partial charge in [-0.3, -0.25) is 4.79 Å². The highest BCUT2D eigenvalue weighted by Gasteiger charge is 2.20. The van der Waals surface area contributed by atoms with Crippen molar-refractivity contribution in [3.05, 3.63) is 65.7 Å². The van der Waals surface area contributed by atoms with E-state index in [1.165, 1.54) is 12.1 Å². The van der Waals surface area contributed by atoms with Gasteiger partial charge in [0.15, 0.2) is 0 Å². The normalized spacial score (nSPS) is 12.8. The molecule has 0 heterocycles. The fraction of sp³-hybridized carbons (Fsp3) is 0.350. The van der Waals surface area contributed by atoms with Crippen LogP contribution >= 0.6 is 0 Å². The maximum Gasteiger partial charge on any atom is 0.251 e. The fourth-order valence-corrected chi connectivity index (χ4v) is 3.95. The molecule has 0 aliphatic heterocycles. The van der Waals surface area contributed by atoms with E-state index in [-0.39, 0.29) is 22.9 Å². The van der Waals surface area contributed by atoms with Crippen LogP contribution in [0.2, 0.25) is 0 Å². The highest BCUT2D eigenvalue weighted by atomic mass is 32.2. The number of amides is 1. The second kappa shape index (κ2) is 8.96. The molecule has 140 valence electrons. The molecule has 0 aliphatic rings. The van der Waals surface area contributed by atoms with Gasteiger partial charge in [0.25, 0.3) is 5.91 Å². The summed E-state index contributed by atoms with van der Waals surface area (Å²) in [4.78, 5) is 12.5. The molecule has 0 aromatic heterocycles. The second-order valence-corrected chi connectivity index (χ2v) is 7.98. The van der Waals surface area contributed by atoms with Gasteiger partial charge in [0.1, 0.15) is 0 Å². The second-order valence-electron chi connectivity index (χ2n) is 6.27. The molecular weight excluding hydrogens is 348 g/mol. The number of carbonyl (C=O) groups excluding carboxylic acids is 1. The summed E-state index contributed by atoms with van der Waals surface area (Å²) in [6.07, 6.45) is 1.66. The predicted octanol–water partition coefficient (Wildman–Crippen LogP) is 3.64. The molecule has 0 saturated heterocycles. The topological polar surface area (TPSA) is 75.3 Å². The van der Waals surface area contributed by atoms with Crippen LogP contribution in [0.1, 0.15) is 55.6 Å². The highest BCUT2D eigenvalue weighted by Crippen LogP contribution is 2.18. The number of nitrogens with one attached hydrogen (secondary N) is 2. The van der Waals surface area contributed by atoms with Crippen LogP contribution in [0.4, 0.5) is 0 Å². The van der Waals surface area contributed by atoms with Crippen molar-refractivity contribution < 1.29 is 13.2 Å². The summed E-state index contributed by atoms with van der Waals surface area (Å²) in [6, 6.07) is 15.2. The minimum Gasteiger partial charge on any atom is -0.349 e. The van der Waals surface area contributed by atoms with Crippen LogP contribution in [0, 0.1) is 0 Å². The molecule has 1 amide bonds. The average molecular weight is 375 g/mol. The Morgan fingerprint density at radius 3 is 2.27 bits per heavy atom. The van der Waals surface area contributed by atoms with E-state index in [0.717, 1.165) is 18.4 Å². The van der Waals surface area contributed by atoms with Crippen molar-refractivity contribution in [2.45, 2.75) is 50.6 Å². The highest BCUT2D eigenvalue weighted by molar-refractivity contribution is 7.89. The lowest BCUT2D eigenvalue weighted by Gasteiger charge is -2.16. The first-order valence-corrected chi connectivity index (χ1v) is 10.3. The number of carbonyl (C=O) groups is 1. The molecule has 2 rings (SSSR count). The minimum absolute atomic E-state index is 0.0810. The smallest absolute Gasteiger partial charge is 0.251 e. The van der Waals surface area contributed by atoms with E-state index in [2.05, 4.69) is 10.0 Å². The molecule has 0 spiro atoms. The number of rotatable bonds is 8. The Bertz CT molecular complexity index is 831.